The van der Waals surface area contributed by atoms with Crippen molar-refractivity contribution in [3.05, 3.63) is 0 Å². The van der Waals surface area contributed by atoms with Gasteiger partial charge in [0.2, 0.25) is 0 Å². The van der Waals surface area contributed by atoms with Gasteiger partial charge in [0.05, 0.1) is 18.6 Å². The van der Waals surface area contributed by atoms with Gasteiger partial charge in [0.15, 0.2) is 0 Å². The van der Waals surface area contributed by atoms with Crippen molar-refractivity contribution in [3.63, 3.8) is 0 Å². The monoisotopic (exact) mass is 286 g/mol. The van der Waals surface area contributed by atoms with Crippen molar-refractivity contribution in [1.29, 1.82) is 0 Å². The molecule has 1 rings (SSSR count). The van der Waals surface area contributed by atoms with Crippen LogP contribution in [0.25, 0.3) is 0 Å². The van der Waals surface area contributed by atoms with Crippen LogP contribution >= 0.6 is 0 Å². The van der Waals surface area contributed by atoms with Crippen LogP contribution in [0.5, 0.6) is 0 Å². The first kappa shape index (κ1) is 16.8. The molecule has 0 aromatic heterocycles. The maximum absolute atomic E-state index is 12.0. The third kappa shape index (κ3) is 6.23. The van der Waals surface area contributed by atoms with Crippen LogP contribution in [0.4, 0.5) is 4.79 Å². The highest BCUT2D eigenvalue weighted by molar-refractivity contribution is 5.76. The number of carboxylic acids is 1. The Balaban J connectivity index is 2.50. The predicted octanol–water partition coefficient (Wildman–Crippen LogP) is 1.74. The Bertz CT molecular complexity index is 352. The number of nitrogens with one attached hydrogen (secondary N) is 2. The van der Waals surface area contributed by atoms with Crippen molar-refractivity contribution in [3.8, 4) is 0 Å². The van der Waals surface area contributed by atoms with Gasteiger partial charge in [-0.2, -0.15) is 0 Å². The number of aliphatic carboxylic acids is 1. The molecule has 0 bridgehead atoms. The van der Waals surface area contributed by atoms with Crippen LogP contribution in [-0.4, -0.2) is 41.9 Å². The van der Waals surface area contributed by atoms with Crippen molar-refractivity contribution in [2.75, 3.05) is 6.61 Å². The normalized spacial score (nSPS) is 24.2. The predicted molar refractivity (Wildman–Crippen MR) is 75.6 cm³/mol. The zero-order valence-electron chi connectivity index (χ0n) is 12.7. The molecule has 0 aliphatic carbocycles. The highest BCUT2D eigenvalue weighted by Gasteiger charge is 2.27. The summed E-state index contributed by atoms with van der Waals surface area (Å²) < 4.78 is 5.38. The van der Waals surface area contributed by atoms with Gasteiger partial charge in [0.25, 0.3) is 0 Å². The van der Waals surface area contributed by atoms with Crippen molar-refractivity contribution in [2.24, 2.45) is 5.41 Å². The van der Waals surface area contributed by atoms with Gasteiger partial charge in [-0.05, 0) is 25.2 Å². The first-order valence-electron chi connectivity index (χ1n) is 7.08. The molecule has 3 atom stereocenters. The number of rotatable bonds is 5. The second-order valence-corrected chi connectivity index (χ2v) is 6.65. The second kappa shape index (κ2) is 6.92. The summed E-state index contributed by atoms with van der Waals surface area (Å²) in [6.45, 7) is 8.63. The molecule has 6 heteroatoms. The summed E-state index contributed by atoms with van der Waals surface area (Å²) in [5, 5.41) is 14.5. The van der Waals surface area contributed by atoms with E-state index in [-0.39, 0.29) is 36.1 Å². The van der Waals surface area contributed by atoms with Crippen molar-refractivity contribution in [1.82, 2.24) is 10.6 Å². The summed E-state index contributed by atoms with van der Waals surface area (Å²) in [6.07, 6.45) is 1.34. The van der Waals surface area contributed by atoms with E-state index in [9.17, 15) is 9.59 Å². The van der Waals surface area contributed by atoms with E-state index in [1.54, 1.807) is 0 Å². The molecule has 20 heavy (non-hydrogen) atoms. The Morgan fingerprint density at radius 2 is 2.05 bits per heavy atom. The Morgan fingerprint density at radius 1 is 1.40 bits per heavy atom. The molecule has 2 amide bonds. The smallest absolute Gasteiger partial charge is 0.315 e. The molecule has 1 aliphatic heterocycles. The van der Waals surface area contributed by atoms with E-state index in [2.05, 4.69) is 10.6 Å². The quantitative estimate of drug-likeness (QED) is 0.718. The van der Waals surface area contributed by atoms with Gasteiger partial charge >= 0.3 is 12.0 Å². The van der Waals surface area contributed by atoms with Crippen molar-refractivity contribution < 1.29 is 19.4 Å². The second-order valence-electron chi connectivity index (χ2n) is 6.65. The van der Waals surface area contributed by atoms with E-state index in [0.717, 1.165) is 6.42 Å². The fourth-order valence-corrected chi connectivity index (χ4v) is 2.44. The standard InChI is InChI=1S/C14H26N2O4/c1-9-11(5-6-20-9)16-13(19)15-10(7-12(17)18)8-14(2,3)4/h9-11H,5-8H2,1-4H3,(H,17,18)(H2,15,16,19). The molecule has 6 nitrogen and oxygen atoms in total. The first-order chi connectivity index (χ1) is 9.17. The third-order valence-corrected chi connectivity index (χ3v) is 3.31. The van der Waals surface area contributed by atoms with E-state index >= 15 is 0 Å². The number of ether oxygens (including phenoxy) is 1. The highest BCUT2D eigenvalue weighted by atomic mass is 16.5. The maximum Gasteiger partial charge on any atom is 0.315 e. The van der Waals surface area contributed by atoms with Crippen LogP contribution in [0.2, 0.25) is 0 Å². The average Bonchev–Trinajstić information content (AvgIpc) is 2.60. The molecular weight excluding hydrogens is 260 g/mol. The van der Waals surface area contributed by atoms with Crippen LogP contribution < -0.4 is 10.6 Å². The topological polar surface area (TPSA) is 87.7 Å². The van der Waals surface area contributed by atoms with Gasteiger partial charge in [-0.3, -0.25) is 4.79 Å². The SMILES string of the molecule is CC1OCCC1NC(=O)NC(CC(=O)O)CC(C)(C)C. The van der Waals surface area contributed by atoms with E-state index < -0.39 is 5.97 Å². The summed E-state index contributed by atoms with van der Waals surface area (Å²) in [5.41, 5.74) is -0.0445. The van der Waals surface area contributed by atoms with Crippen LogP contribution in [0, 0.1) is 5.41 Å². The zero-order valence-corrected chi connectivity index (χ0v) is 12.7. The van der Waals surface area contributed by atoms with E-state index in [1.165, 1.54) is 0 Å². The van der Waals surface area contributed by atoms with Gasteiger partial charge in [0.1, 0.15) is 0 Å². The molecule has 0 spiro atoms. The number of carbonyl (C=O) groups excluding carboxylic acids is 1. The lowest BCUT2D eigenvalue weighted by Gasteiger charge is -2.26. The number of urea groups is 1. The maximum atomic E-state index is 12.0. The van der Waals surface area contributed by atoms with Crippen LogP contribution in [0.3, 0.4) is 0 Å². The van der Waals surface area contributed by atoms with Gasteiger partial charge in [-0.1, -0.05) is 20.8 Å². The minimum Gasteiger partial charge on any atom is -0.481 e. The lowest BCUT2D eigenvalue weighted by atomic mass is 9.87. The average molecular weight is 286 g/mol. The Labute approximate surface area is 120 Å². The Morgan fingerprint density at radius 3 is 2.50 bits per heavy atom. The number of carbonyl (C=O) groups is 2. The first-order valence-corrected chi connectivity index (χ1v) is 7.08. The fraction of sp³-hybridized carbons (Fsp3) is 0.857. The van der Waals surface area contributed by atoms with E-state index in [1.807, 2.05) is 27.7 Å². The minimum absolute atomic E-state index is 0.00119. The summed E-state index contributed by atoms with van der Waals surface area (Å²) in [4.78, 5) is 22.8. The van der Waals surface area contributed by atoms with Crippen LogP contribution in [0.15, 0.2) is 0 Å². The Kier molecular flexibility index (Phi) is 5.80. The zero-order chi connectivity index (χ0) is 15.3. The van der Waals surface area contributed by atoms with E-state index in [4.69, 9.17) is 9.84 Å². The third-order valence-electron chi connectivity index (χ3n) is 3.31. The number of hydrogen-bond acceptors (Lipinski definition) is 3. The lowest BCUT2D eigenvalue weighted by Crippen LogP contribution is -2.49. The minimum atomic E-state index is -0.905. The van der Waals surface area contributed by atoms with Gasteiger partial charge in [-0.15, -0.1) is 0 Å². The van der Waals surface area contributed by atoms with Crippen LogP contribution in [0.1, 0.15) is 47.0 Å². The summed E-state index contributed by atoms with van der Waals surface area (Å²) in [6, 6.07) is -0.692. The summed E-state index contributed by atoms with van der Waals surface area (Å²) in [5.74, 6) is -0.905. The molecule has 3 N–H and O–H groups in total. The molecule has 0 aromatic rings. The van der Waals surface area contributed by atoms with Crippen molar-refractivity contribution >= 4 is 12.0 Å². The van der Waals surface area contributed by atoms with Gasteiger partial charge in [-0.25, -0.2) is 4.79 Å². The number of amides is 2. The number of hydrogen-bond donors (Lipinski definition) is 3. The van der Waals surface area contributed by atoms with Crippen LogP contribution in [-0.2, 0) is 9.53 Å². The number of carboxylic acid groups (broad SMARTS) is 1. The highest BCUT2D eigenvalue weighted by Crippen LogP contribution is 2.22. The van der Waals surface area contributed by atoms with Gasteiger partial charge < -0.3 is 20.5 Å². The van der Waals surface area contributed by atoms with Gasteiger partial charge in [0, 0.05) is 12.6 Å². The largest absolute Gasteiger partial charge is 0.481 e. The fourth-order valence-electron chi connectivity index (χ4n) is 2.44. The summed E-state index contributed by atoms with van der Waals surface area (Å²) >= 11 is 0. The molecule has 1 saturated heterocycles. The molecule has 116 valence electrons. The Hall–Kier alpha value is -1.30. The molecular formula is C14H26N2O4. The molecule has 1 heterocycles. The molecule has 0 aromatic carbocycles. The molecule has 0 saturated carbocycles. The molecule has 3 unspecified atom stereocenters. The van der Waals surface area contributed by atoms with Crippen molar-refractivity contribution in [2.45, 2.75) is 65.1 Å². The molecule has 1 fully saturated rings. The van der Waals surface area contributed by atoms with E-state index in [0.29, 0.717) is 13.0 Å². The summed E-state index contributed by atoms with van der Waals surface area (Å²) in [7, 11) is 0. The molecule has 0 radical (unpaired) electrons. The lowest BCUT2D eigenvalue weighted by molar-refractivity contribution is -0.137. The molecule has 1 aliphatic rings.